The van der Waals surface area contributed by atoms with Gasteiger partial charge < -0.3 is 14.8 Å². The van der Waals surface area contributed by atoms with Crippen LogP contribution in [0.25, 0.3) is 16.8 Å². The van der Waals surface area contributed by atoms with Crippen LogP contribution in [0.15, 0.2) is 18.2 Å². The van der Waals surface area contributed by atoms with Crippen molar-refractivity contribution >= 4 is 11.5 Å². The molecule has 0 unspecified atom stereocenters. The van der Waals surface area contributed by atoms with Gasteiger partial charge in [0.15, 0.2) is 5.65 Å². The Kier molecular flexibility index (Phi) is 3.43. The Balaban J connectivity index is 1.75. The van der Waals surface area contributed by atoms with Gasteiger partial charge in [0.1, 0.15) is 11.6 Å². The molecule has 0 saturated heterocycles. The molecule has 1 aliphatic carbocycles. The number of methoxy groups -OCH3 is 1. The van der Waals surface area contributed by atoms with E-state index in [0.717, 1.165) is 50.9 Å². The minimum absolute atomic E-state index is 0.543. The van der Waals surface area contributed by atoms with Gasteiger partial charge in [-0.3, -0.25) is 0 Å². The van der Waals surface area contributed by atoms with Crippen LogP contribution in [-0.2, 0) is 18.0 Å². The van der Waals surface area contributed by atoms with Crippen molar-refractivity contribution in [3.63, 3.8) is 0 Å². The molecule has 3 heterocycles. The van der Waals surface area contributed by atoms with Crippen LogP contribution in [0.5, 0.6) is 5.75 Å². The first-order valence-electron chi connectivity index (χ1n) is 9.06. The second-order valence-electron chi connectivity index (χ2n) is 7.17. The molecule has 6 nitrogen and oxygen atoms in total. The molecule has 0 atom stereocenters. The van der Waals surface area contributed by atoms with Crippen LogP contribution in [0.4, 0.5) is 5.82 Å². The van der Waals surface area contributed by atoms with Crippen molar-refractivity contribution in [3.8, 4) is 16.9 Å². The molecule has 0 amide bonds. The summed E-state index contributed by atoms with van der Waals surface area (Å²) in [5.74, 6) is 1.91. The highest BCUT2D eigenvalue weighted by Gasteiger charge is 2.29. The number of anilines is 1. The van der Waals surface area contributed by atoms with E-state index in [1.807, 2.05) is 10.6 Å². The third kappa shape index (κ3) is 2.36. The Morgan fingerprint density at radius 2 is 2.08 bits per heavy atom. The first-order valence-corrected chi connectivity index (χ1v) is 9.06. The number of hydrogen-bond acceptors (Lipinski definition) is 5. The number of hydrogen-bond donors (Lipinski definition) is 1. The van der Waals surface area contributed by atoms with Gasteiger partial charge in [-0.05, 0) is 49.9 Å². The maximum absolute atomic E-state index is 5.67. The first kappa shape index (κ1) is 15.6. The second-order valence-corrected chi connectivity index (χ2v) is 7.17. The van der Waals surface area contributed by atoms with E-state index in [-0.39, 0.29) is 0 Å². The van der Waals surface area contributed by atoms with Crippen LogP contribution in [0.3, 0.4) is 0 Å². The van der Waals surface area contributed by atoms with Crippen LogP contribution >= 0.6 is 0 Å². The highest BCUT2D eigenvalue weighted by atomic mass is 16.5. The SMILES string of the molecule is COc1ccc(-c2c(C)nn3c(NC4CC4)c4c(nc23)COC4)c(C)c1. The van der Waals surface area contributed by atoms with E-state index in [2.05, 4.69) is 31.3 Å². The molecule has 134 valence electrons. The molecule has 2 aliphatic rings. The summed E-state index contributed by atoms with van der Waals surface area (Å²) in [5.41, 5.74) is 7.41. The van der Waals surface area contributed by atoms with Crippen LogP contribution in [0.2, 0.25) is 0 Å². The van der Waals surface area contributed by atoms with E-state index < -0.39 is 0 Å². The van der Waals surface area contributed by atoms with Gasteiger partial charge in [-0.25, -0.2) is 4.98 Å². The van der Waals surface area contributed by atoms with Crippen molar-refractivity contribution in [2.45, 2.75) is 45.9 Å². The average molecular weight is 350 g/mol. The molecule has 0 radical (unpaired) electrons. The molecular formula is C20H22N4O2. The summed E-state index contributed by atoms with van der Waals surface area (Å²) < 4.78 is 13.0. The van der Waals surface area contributed by atoms with Gasteiger partial charge in [-0.1, -0.05) is 6.07 Å². The number of ether oxygens (including phenoxy) is 2. The molecule has 1 fully saturated rings. The lowest BCUT2D eigenvalue weighted by Gasteiger charge is -2.12. The predicted octanol–water partition coefficient (Wildman–Crippen LogP) is 3.63. The van der Waals surface area contributed by atoms with Gasteiger partial charge in [0.2, 0.25) is 0 Å². The standard InChI is InChI=1S/C20H22N4O2/c1-11-8-14(25-3)6-7-15(11)18-12(2)23-24-19(21-13-4-5-13)16-9-26-10-17(16)22-20(18)24/h6-8,13,21H,4-5,9-10H2,1-3H3. The molecule has 6 heteroatoms. The summed E-state index contributed by atoms with van der Waals surface area (Å²) >= 11 is 0. The third-order valence-electron chi connectivity index (χ3n) is 5.23. The molecule has 1 aliphatic heterocycles. The van der Waals surface area contributed by atoms with E-state index >= 15 is 0 Å². The van der Waals surface area contributed by atoms with Crippen molar-refractivity contribution in [1.82, 2.24) is 14.6 Å². The van der Waals surface area contributed by atoms with Crippen LogP contribution in [-0.4, -0.2) is 27.7 Å². The van der Waals surface area contributed by atoms with Crippen molar-refractivity contribution < 1.29 is 9.47 Å². The molecule has 1 N–H and O–H groups in total. The van der Waals surface area contributed by atoms with Crippen molar-refractivity contribution in [2.24, 2.45) is 0 Å². The monoisotopic (exact) mass is 350 g/mol. The Bertz CT molecular complexity index is 1020. The molecule has 26 heavy (non-hydrogen) atoms. The maximum atomic E-state index is 5.67. The zero-order chi connectivity index (χ0) is 17.8. The number of nitrogens with one attached hydrogen (secondary N) is 1. The van der Waals surface area contributed by atoms with E-state index in [9.17, 15) is 0 Å². The van der Waals surface area contributed by atoms with Gasteiger partial charge in [-0.15, -0.1) is 0 Å². The van der Waals surface area contributed by atoms with Crippen molar-refractivity contribution in [2.75, 3.05) is 12.4 Å². The zero-order valence-electron chi connectivity index (χ0n) is 15.3. The summed E-state index contributed by atoms with van der Waals surface area (Å²) in [5, 5.41) is 8.48. The summed E-state index contributed by atoms with van der Waals surface area (Å²) in [7, 11) is 1.69. The molecule has 1 aromatic carbocycles. The minimum atomic E-state index is 0.543. The summed E-state index contributed by atoms with van der Waals surface area (Å²) in [4.78, 5) is 4.93. The fourth-order valence-electron chi connectivity index (χ4n) is 3.68. The lowest BCUT2D eigenvalue weighted by molar-refractivity contribution is 0.133. The Morgan fingerprint density at radius 1 is 1.23 bits per heavy atom. The van der Waals surface area contributed by atoms with Gasteiger partial charge in [0, 0.05) is 17.2 Å². The summed E-state index contributed by atoms with van der Waals surface area (Å²) in [6.45, 7) is 5.32. The quantitative estimate of drug-likeness (QED) is 0.779. The predicted molar refractivity (Wildman–Crippen MR) is 99.6 cm³/mol. The van der Waals surface area contributed by atoms with Crippen LogP contribution in [0.1, 0.15) is 35.4 Å². The van der Waals surface area contributed by atoms with Gasteiger partial charge in [-0.2, -0.15) is 9.61 Å². The van der Waals surface area contributed by atoms with Gasteiger partial charge in [0.25, 0.3) is 0 Å². The van der Waals surface area contributed by atoms with E-state index in [4.69, 9.17) is 19.6 Å². The van der Waals surface area contributed by atoms with E-state index in [0.29, 0.717) is 19.3 Å². The maximum Gasteiger partial charge on any atom is 0.165 e. The van der Waals surface area contributed by atoms with E-state index in [1.165, 1.54) is 12.8 Å². The van der Waals surface area contributed by atoms with Crippen molar-refractivity contribution in [3.05, 3.63) is 40.7 Å². The normalized spacial score (nSPS) is 16.1. The number of fused-ring (bicyclic) bond motifs is 2. The number of benzene rings is 1. The van der Waals surface area contributed by atoms with Gasteiger partial charge in [0.05, 0.1) is 31.7 Å². The highest BCUT2D eigenvalue weighted by molar-refractivity contribution is 5.83. The van der Waals surface area contributed by atoms with Crippen molar-refractivity contribution in [1.29, 1.82) is 0 Å². The average Bonchev–Trinajstić information content (AvgIpc) is 3.22. The summed E-state index contributed by atoms with van der Waals surface area (Å²) in [6, 6.07) is 6.68. The molecule has 0 spiro atoms. The number of aryl methyl sites for hydroxylation is 2. The topological polar surface area (TPSA) is 60.7 Å². The highest BCUT2D eigenvalue weighted by Crippen LogP contribution is 2.37. The smallest absolute Gasteiger partial charge is 0.165 e. The molecule has 0 bridgehead atoms. The third-order valence-corrected chi connectivity index (χ3v) is 5.23. The van der Waals surface area contributed by atoms with Crippen LogP contribution in [0, 0.1) is 13.8 Å². The van der Waals surface area contributed by atoms with Gasteiger partial charge >= 0.3 is 0 Å². The largest absolute Gasteiger partial charge is 0.497 e. The fourth-order valence-corrected chi connectivity index (χ4v) is 3.68. The Labute approximate surface area is 152 Å². The molecular weight excluding hydrogens is 328 g/mol. The zero-order valence-corrected chi connectivity index (χ0v) is 15.3. The summed E-state index contributed by atoms with van der Waals surface area (Å²) in [6.07, 6.45) is 2.42. The molecule has 1 saturated carbocycles. The fraction of sp³-hybridized carbons (Fsp3) is 0.400. The molecule has 3 aromatic rings. The Hall–Kier alpha value is -2.60. The van der Waals surface area contributed by atoms with E-state index in [1.54, 1.807) is 7.11 Å². The first-order chi connectivity index (χ1) is 12.7. The Morgan fingerprint density at radius 3 is 2.81 bits per heavy atom. The number of rotatable bonds is 4. The molecule has 5 rings (SSSR count). The lowest BCUT2D eigenvalue weighted by Crippen LogP contribution is -2.11. The minimum Gasteiger partial charge on any atom is -0.497 e. The second kappa shape index (κ2) is 5.71. The number of nitrogens with zero attached hydrogens (tertiary/aromatic N) is 3. The lowest BCUT2D eigenvalue weighted by atomic mass is 10.0. The number of aromatic nitrogens is 3. The molecule has 2 aromatic heterocycles. The van der Waals surface area contributed by atoms with Crippen LogP contribution < -0.4 is 10.1 Å².